The average molecular weight is 346 g/mol. The number of benzene rings is 2. The Morgan fingerprint density at radius 1 is 1.21 bits per heavy atom. The second-order valence-corrected chi connectivity index (χ2v) is 5.55. The van der Waals surface area contributed by atoms with Crippen LogP contribution in [0.5, 0.6) is 5.75 Å². The van der Waals surface area contributed by atoms with Gasteiger partial charge in [0, 0.05) is 17.3 Å². The molecule has 0 aliphatic carbocycles. The Labute approximate surface area is 146 Å². The molecule has 1 amide bonds. The van der Waals surface area contributed by atoms with Gasteiger partial charge in [-0.25, -0.2) is 4.39 Å². The molecule has 126 valence electrons. The smallest absolute Gasteiger partial charge is 0.257 e. The van der Waals surface area contributed by atoms with Crippen LogP contribution >= 0.6 is 12.2 Å². The van der Waals surface area contributed by atoms with Crippen molar-refractivity contribution in [3.63, 3.8) is 0 Å². The molecule has 0 atom stereocenters. The van der Waals surface area contributed by atoms with E-state index in [0.29, 0.717) is 17.9 Å². The highest BCUT2D eigenvalue weighted by atomic mass is 32.1. The largest absolute Gasteiger partial charge is 0.494 e. The molecule has 2 rings (SSSR count). The van der Waals surface area contributed by atoms with E-state index >= 15 is 0 Å². The number of rotatable bonds is 6. The third-order valence-electron chi connectivity index (χ3n) is 3.19. The van der Waals surface area contributed by atoms with Gasteiger partial charge in [-0.2, -0.15) is 0 Å². The lowest BCUT2D eigenvalue weighted by Crippen LogP contribution is -2.34. The fraction of sp³-hybridized carbons (Fsp3) is 0.222. The van der Waals surface area contributed by atoms with E-state index in [2.05, 4.69) is 17.6 Å². The molecule has 2 aromatic carbocycles. The quantitative estimate of drug-likeness (QED) is 0.610. The molecule has 4 nitrogen and oxygen atoms in total. The zero-order chi connectivity index (χ0) is 17.4. The molecule has 2 aromatic rings. The van der Waals surface area contributed by atoms with Gasteiger partial charge >= 0.3 is 0 Å². The van der Waals surface area contributed by atoms with Crippen LogP contribution in [0.4, 0.5) is 10.1 Å². The van der Waals surface area contributed by atoms with E-state index in [-0.39, 0.29) is 5.11 Å². The third kappa shape index (κ3) is 5.62. The predicted octanol–water partition coefficient (Wildman–Crippen LogP) is 4.13. The van der Waals surface area contributed by atoms with Crippen LogP contribution < -0.4 is 15.4 Å². The molecule has 6 heteroatoms. The first-order chi connectivity index (χ1) is 11.6. The number of amides is 1. The van der Waals surface area contributed by atoms with E-state index in [9.17, 15) is 9.18 Å². The second kappa shape index (κ2) is 8.98. The summed E-state index contributed by atoms with van der Waals surface area (Å²) >= 11 is 5.13. The van der Waals surface area contributed by atoms with Gasteiger partial charge in [-0.3, -0.25) is 10.1 Å². The van der Waals surface area contributed by atoms with Crippen LogP contribution in [0.15, 0.2) is 48.5 Å². The molecule has 0 spiro atoms. The van der Waals surface area contributed by atoms with Crippen LogP contribution in [0.1, 0.15) is 30.1 Å². The van der Waals surface area contributed by atoms with Crippen LogP contribution in [0.2, 0.25) is 0 Å². The Bertz CT molecular complexity index is 704. The molecule has 0 heterocycles. The van der Waals surface area contributed by atoms with E-state index in [0.717, 1.165) is 18.6 Å². The average Bonchev–Trinajstić information content (AvgIpc) is 2.56. The Morgan fingerprint density at radius 3 is 2.67 bits per heavy atom. The molecule has 0 aromatic heterocycles. The van der Waals surface area contributed by atoms with Crippen molar-refractivity contribution in [2.45, 2.75) is 19.8 Å². The molecular formula is C18H19FN2O2S. The highest BCUT2D eigenvalue weighted by Crippen LogP contribution is 2.17. The minimum absolute atomic E-state index is 0.162. The lowest BCUT2D eigenvalue weighted by Gasteiger charge is -2.11. The summed E-state index contributed by atoms with van der Waals surface area (Å²) in [6.45, 7) is 2.76. The molecule has 0 bridgehead atoms. The number of unbranched alkanes of at least 4 members (excludes halogenated alkanes) is 1. The van der Waals surface area contributed by atoms with Gasteiger partial charge < -0.3 is 10.1 Å². The highest BCUT2D eigenvalue weighted by molar-refractivity contribution is 7.80. The number of ether oxygens (including phenoxy) is 1. The number of carbonyl (C=O) groups is 1. The van der Waals surface area contributed by atoms with E-state index in [1.165, 1.54) is 24.3 Å². The molecule has 0 saturated carbocycles. The zero-order valence-electron chi connectivity index (χ0n) is 13.3. The minimum Gasteiger partial charge on any atom is -0.494 e. The summed E-state index contributed by atoms with van der Waals surface area (Å²) in [6, 6.07) is 12.6. The first-order valence-electron chi connectivity index (χ1n) is 7.69. The van der Waals surface area contributed by atoms with E-state index < -0.39 is 11.7 Å². The third-order valence-corrected chi connectivity index (χ3v) is 3.40. The highest BCUT2D eigenvalue weighted by Gasteiger charge is 2.08. The van der Waals surface area contributed by atoms with Crippen LogP contribution in [0, 0.1) is 5.82 Å². The van der Waals surface area contributed by atoms with Gasteiger partial charge in [-0.05, 0) is 55.0 Å². The van der Waals surface area contributed by atoms with E-state index in [1.54, 1.807) is 0 Å². The number of hydrogen-bond acceptors (Lipinski definition) is 3. The summed E-state index contributed by atoms with van der Waals surface area (Å²) in [6.07, 6.45) is 2.06. The summed E-state index contributed by atoms with van der Waals surface area (Å²) in [5.74, 6) is -0.0592. The SMILES string of the molecule is CCCCOc1cccc(NC(=S)NC(=O)c2ccc(F)cc2)c1. The summed E-state index contributed by atoms with van der Waals surface area (Å²) in [5, 5.41) is 5.65. The standard InChI is InChI=1S/C18H19FN2O2S/c1-2-3-11-23-16-6-4-5-15(12-16)20-18(24)21-17(22)13-7-9-14(19)10-8-13/h4-10,12H,2-3,11H2,1H3,(H2,20,21,22,24). The Kier molecular flexibility index (Phi) is 6.69. The number of nitrogens with one attached hydrogen (secondary N) is 2. The van der Waals surface area contributed by atoms with Crippen molar-refractivity contribution in [1.82, 2.24) is 5.32 Å². The lowest BCUT2D eigenvalue weighted by molar-refractivity contribution is 0.0977. The van der Waals surface area contributed by atoms with E-state index in [4.69, 9.17) is 17.0 Å². The van der Waals surface area contributed by atoms with Crippen molar-refractivity contribution < 1.29 is 13.9 Å². The summed E-state index contributed by atoms with van der Waals surface area (Å²) in [4.78, 5) is 12.0. The van der Waals surface area contributed by atoms with Crippen molar-refractivity contribution in [1.29, 1.82) is 0 Å². The van der Waals surface area contributed by atoms with Gasteiger partial charge in [0.05, 0.1) is 6.61 Å². The zero-order valence-corrected chi connectivity index (χ0v) is 14.2. The molecule has 0 aliphatic heterocycles. The van der Waals surface area contributed by atoms with Crippen LogP contribution in [-0.2, 0) is 0 Å². The minimum atomic E-state index is -0.400. The number of halogens is 1. The molecular weight excluding hydrogens is 327 g/mol. The molecule has 0 unspecified atom stereocenters. The van der Waals surface area contributed by atoms with Gasteiger partial charge in [0.15, 0.2) is 5.11 Å². The summed E-state index contributed by atoms with van der Waals surface area (Å²) in [5.41, 5.74) is 1.05. The summed E-state index contributed by atoms with van der Waals surface area (Å²) in [7, 11) is 0. The van der Waals surface area contributed by atoms with Crippen molar-refractivity contribution >= 4 is 28.9 Å². The van der Waals surface area contributed by atoms with Crippen LogP contribution in [0.25, 0.3) is 0 Å². The molecule has 2 N–H and O–H groups in total. The van der Waals surface area contributed by atoms with Gasteiger partial charge in [0.25, 0.3) is 5.91 Å². The second-order valence-electron chi connectivity index (χ2n) is 5.14. The van der Waals surface area contributed by atoms with Crippen molar-refractivity contribution in [3.8, 4) is 5.75 Å². The Hall–Kier alpha value is -2.47. The van der Waals surface area contributed by atoms with Gasteiger partial charge in [0.2, 0.25) is 0 Å². The van der Waals surface area contributed by atoms with Gasteiger partial charge in [0.1, 0.15) is 11.6 Å². The maximum absolute atomic E-state index is 12.9. The number of thiocarbonyl (C=S) groups is 1. The maximum Gasteiger partial charge on any atom is 0.257 e. The molecule has 0 radical (unpaired) electrons. The first-order valence-corrected chi connectivity index (χ1v) is 8.10. The van der Waals surface area contributed by atoms with E-state index in [1.807, 2.05) is 24.3 Å². The fourth-order valence-electron chi connectivity index (χ4n) is 1.94. The van der Waals surface area contributed by atoms with Crippen LogP contribution in [-0.4, -0.2) is 17.6 Å². The Balaban J connectivity index is 1.90. The van der Waals surface area contributed by atoms with Gasteiger partial charge in [-0.1, -0.05) is 19.4 Å². The van der Waals surface area contributed by atoms with Crippen LogP contribution in [0.3, 0.4) is 0 Å². The number of carbonyl (C=O) groups excluding carboxylic acids is 1. The molecule has 24 heavy (non-hydrogen) atoms. The van der Waals surface area contributed by atoms with Gasteiger partial charge in [-0.15, -0.1) is 0 Å². The maximum atomic E-state index is 12.9. The fourth-order valence-corrected chi connectivity index (χ4v) is 2.15. The topological polar surface area (TPSA) is 50.4 Å². The van der Waals surface area contributed by atoms with Crippen molar-refractivity contribution in [2.75, 3.05) is 11.9 Å². The van der Waals surface area contributed by atoms with Crippen molar-refractivity contribution in [2.24, 2.45) is 0 Å². The number of hydrogen-bond donors (Lipinski definition) is 2. The normalized spacial score (nSPS) is 10.1. The Morgan fingerprint density at radius 2 is 1.96 bits per heavy atom. The molecule has 0 fully saturated rings. The number of anilines is 1. The lowest BCUT2D eigenvalue weighted by atomic mass is 10.2. The molecule has 0 saturated heterocycles. The predicted molar refractivity (Wildman–Crippen MR) is 96.9 cm³/mol. The monoisotopic (exact) mass is 346 g/mol. The van der Waals surface area contributed by atoms with Crippen molar-refractivity contribution in [3.05, 3.63) is 59.9 Å². The summed E-state index contributed by atoms with van der Waals surface area (Å²) < 4.78 is 18.5. The first kappa shape index (κ1) is 17.9. The molecule has 0 aliphatic rings.